The smallest absolute Gasteiger partial charge is 0.366 e. The molecule has 0 fully saturated rings. The maximum Gasteiger partial charge on any atom is 0.416 e. The maximum atomic E-state index is 13.5. The van der Waals surface area contributed by atoms with Gasteiger partial charge in [-0.2, -0.15) is 31.4 Å². The van der Waals surface area contributed by atoms with Crippen LogP contribution in [0.5, 0.6) is 0 Å². The molecule has 3 rings (SSSR count). The molecule has 3 N–H and O–H groups in total. The van der Waals surface area contributed by atoms with E-state index >= 15 is 0 Å². The number of allylic oxidation sites excluding steroid dienone is 1. The first kappa shape index (κ1) is 21.7. The average molecular weight is 433 g/mol. The average Bonchev–Trinajstić information content (AvgIpc) is 3.06. The number of hydrazone groups is 1. The number of nitrogens with zero attached hydrogens (tertiary/aromatic N) is 3. The van der Waals surface area contributed by atoms with Crippen LogP contribution in [0.25, 0.3) is 0 Å². The van der Waals surface area contributed by atoms with E-state index in [0.29, 0.717) is 12.1 Å². The number of carbonyl (C=O) groups excluding carboxylic acids is 1. The van der Waals surface area contributed by atoms with Gasteiger partial charge in [0, 0.05) is 0 Å². The summed E-state index contributed by atoms with van der Waals surface area (Å²) in [7, 11) is 0. The van der Waals surface area contributed by atoms with Crippen molar-refractivity contribution >= 4 is 18.2 Å². The van der Waals surface area contributed by atoms with Gasteiger partial charge in [0.05, 0.1) is 22.4 Å². The summed E-state index contributed by atoms with van der Waals surface area (Å²) in [5.41, 5.74) is 0.0561. The third-order valence-corrected chi connectivity index (χ3v) is 5.03. The Morgan fingerprint density at radius 3 is 2.07 bits per heavy atom. The predicted molar refractivity (Wildman–Crippen MR) is 95.8 cm³/mol. The fraction of sp³-hybridized carbons (Fsp3) is 0.389. The lowest BCUT2D eigenvalue weighted by molar-refractivity contribution is -0.143. The lowest BCUT2D eigenvalue weighted by Crippen LogP contribution is -2.56. The summed E-state index contributed by atoms with van der Waals surface area (Å²) in [4.78, 5) is 16.5. The number of hydrogen-bond donors (Lipinski definition) is 2. The van der Waals surface area contributed by atoms with Crippen molar-refractivity contribution in [2.45, 2.75) is 38.7 Å². The van der Waals surface area contributed by atoms with Crippen LogP contribution in [0.3, 0.4) is 0 Å². The van der Waals surface area contributed by atoms with Gasteiger partial charge in [-0.25, -0.2) is 10.0 Å². The zero-order chi connectivity index (χ0) is 22.6. The van der Waals surface area contributed by atoms with Crippen LogP contribution in [0.1, 0.15) is 37.5 Å². The minimum atomic E-state index is -5.06. The molecule has 1 unspecified atom stereocenters. The molecule has 0 radical (unpaired) electrons. The molecule has 2 heterocycles. The minimum Gasteiger partial charge on any atom is -0.366 e. The molecule has 1 aromatic rings. The first-order chi connectivity index (χ1) is 13.7. The van der Waals surface area contributed by atoms with Gasteiger partial charge < -0.3 is 11.1 Å². The second-order valence-corrected chi connectivity index (χ2v) is 7.18. The van der Waals surface area contributed by atoms with Crippen molar-refractivity contribution in [1.29, 1.82) is 0 Å². The Morgan fingerprint density at radius 2 is 1.63 bits per heavy atom. The molecule has 1 atom stereocenters. The van der Waals surface area contributed by atoms with E-state index in [9.17, 15) is 31.1 Å². The van der Waals surface area contributed by atoms with Gasteiger partial charge in [0.25, 0.3) is 0 Å². The number of hydrogen-bond acceptors (Lipinski definition) is 5. The van der Waals surface area contributed by atoms with Gasteiger partial charge in [0.15, 0.2) is 0 Å². The number of alkyl halides is 6. The van der Waals surface area contributed by atoms with Crippen molar-refractivity contribution in [3.05, 3.63) is 46.2 Å². The van der Waals surface area contributed by atoms with Gasteiger partial charge in [-0.3, -0.25) is 4.79 Å². The van der Waals surface area contributed by atoms with E-state index in [1.165, 1.54) is 13.3 Å². The van der Waals surface area contributed by atoms with Crippen LogP contribution in [-0.4, -0.2) is 23.2 Å². The summed E-state index contributed by atoms with van der Waals surface area (Å²) in [5, 5.41) is 7.79. The highest BCUT2D eigenvalue weighted by molar-refractivity contribution is 6.02. The molecule has 162 valence electrons. The summed E-state index contributed by atoms with van der Waals surface area (Å²) < 4.78 is 80.9. The number of aliphatic imine (C=N–C) groups is 1. The SMILES string of the molecule is CC1=C(C(N)=O)C(c2cc(C(F)(F)F)cc(C(F)(F)F)c2)(C(C)C)N2N=CNC2=N1. The molecule has 0 aromatic heterocycles. The lowest BCUT2D eigenvalue weighted by atomic mass is 9.71. The molecule has 1 amide bonds. The van der Waals surface area contributed by atoms with Crippen LogP contribution in [0, 0.1) is 5.92 Å². The third kappa shape index (κ3) is 3.19. The molecule has 0 saturated carbocycles. The molecular formula is C18H17F6N5O. The van der Waals surface area contributed by atoms with Crippen molar-refractivity contribution in [3.8, 4) is 0 Å². The van der Waals surface area contributed by atoms with E-state index in [-0.39, 0.29) is 23.3 Å². The van der Waals surface area contributed by atoms with Crippen LogP contribution in [0.2, 0.25) is 0 Å². The van der Waals surface area contributed by atoms with E-state index in [2.05, 4.69) is 15.4 Å². The van der Waals surface area contributed by atoms with Crippen molar-refractivity contribution < 1.29 is 31.1 Å². The zero-order valence-corrected chi connectivity index (χ0v) is 16.0. The fourth-order valence-electron chi connectivity index (χ4n) is 3.87. The van der Waals surface area contributed by atoms with Crippen LogP contribution in [0.15, 0.2) is 39.6 Å². The van der Waals surface area contributed by atoms with E-state index in [0.717, 1.165) is 5.01 Å². The van der Waals surface area contributed by atoms with Crippen molar-refractivity contribution in [3.63, 3.8) is 0 Å². The molecule has 0 bridgehead atoms. The van der Waals surface area contributed by atoms with Gasteiger partial charge in [0.2, 0.25) is 11.9 Å². The minimum absolute atomic E-state index is 0.0291. The predicted octanol–water partition coefficient (Wildman–Crippen LogP) is 3.55. The van der Waals surface area contributed by atoms with Crippen LogP contribution in [0.4, 0.5) is 26.3 Å². The number of carbonyl (C=O) groups is 1. The number of benzene rings is 1. The third-order valence-electron chi connectivity index (χ3n) is 5.03. The van der Waals surface area contributed by atoms with Crippen molar-refractivity contribution in [1.82, 2.24) is 10.3 Å². The topological polar surface area (TPSA) is 83.1 Å². The van der Waals surface area contributed by atoms with Crippen molar-refractivity contribution in [2.75, 3.05) is 0 Å². The molecule has 0 aliphatic carbocycles. The van der Waals surface area contributed by atoms with E-state index < -0.39 is 46.4 Å². The Bertz CT molecular complexity index is 960. The fourth-order valence-corrected chi connectivity index (χ4v) is 3.87. The number of primary amides is 1. The monoisotopic (exact) mass is 433 g/mol. The van der Waals surface area contributed by atoms with Gasteiger partial charge in [0.1, 0.15) is 11.9 Å². The Kier molecular flexibility index (Phi) is 4.87. The van der Waals surface area contributed by atoms with Gasteiger partial charge >= 0.3 is 12.4 Å². The molecule has 2 aliphatic rings. The molecule has 12 heteroatoms. The maximum absolute atomic E-state index is 13.5. The second kappa shape index (κ2) is 6.74. The second-order valence-electron chi connectivity index (χ2n) is 7.18. The van der Waals surface area contributed by atoms with Gasteiger partial charge in [-0.15, -0.1) is 0 Å². The Labute approximate surface area is 167 Å². The van der Waals surface area contributed by atoms with Gasteiger partial charge in [-0.1, -0.05) is 13.8 Å². The number of fused-ring (bicyclic) bond motifs is 1. The summed E-state index contributed by atoms with van der Waals surface area (Å²) in [6, 6.07) is 1.20. The van der Waals surface area contributed by atoms with E-state index in [4.69, 9.17) is 5.73 Å². The molecule has 1 aromatic carbocycles. The summed E-state index contributed by atoms with van der Waals surface area (Å²) in [6.07, 6.45) is -8.94. The number of nitrogens with two attached hydrogens (primary N) is 1. The highest BCUT2D eigenvalue weighted by Crippen LogP contribution is 2.49. The number of guanidine groups is 1. The van der Waals surface area contributed by atoms with Crippen LogP contribution < -0.4 is 11.1 Å². The highest BCUT2D eigenvalue weighted by atomic mass is 19.4. The molecule has 0 saturated heterocycles. The van der Waals surface area contributed by atoms with Crippen molar-refractivity contribution in [2.24, 2.45) is 21.7 Å². The standard InChI is InChI=1S/C18H17F6N5O/c1-8(2)16(13(14(25)30)9(3)28-15-26-7-27-29(15)16)10-4-11(17(19,20)21)6-12(5-10)18(22,23)24/h4-8H,1-3H3,(H2,25,30)(H,26,27,28). The van der Waals surface area contributed by atoms with Gasteiger partial charge in [-0.05, 0) is 36.6 Å². The largest absolute Gasteiger partial charge is 0.416 e. The summed E-state index contributed by atoms with van der Waals surface area (Å²) >= 11 is 0. The van der Waals surface area contributed by atoms with Crippen LogP contribution >= 0.6 is 0 Å². The summed E-state index contributed by atoms with van der Waals surface area (Å²) in [5.74, 6) is -1.71. The number of amides is 1. The first-order valence-corrected chi connectivity index (χ1v) is 8.69. The summed E-state index contributed by atoms with van der Waals surface area (Å²) in [6.45, 7) is 4.49. The number of rotatable bonds is 3. The highest BCUT2D eigenvalue weighted by Gasteiger charge is 2.54. The molecule has 2 aliphatic heterocycles. The Balaban J connectivity index is 2.46. The quantitative estimate of drug-likeness (QED) is 0.716. The number of halogens is 6. The molecule has 30 heavy (non-hydrogen) atoms. The molecule has 6 nitrogen and oxygen atoms in total. The first-order valence-electron chi connectivity index (χ1n) is 8.69. The van der Waals surface area contributed by atoms with Crippen LogP contribution in [-0.2, 0) is 22.7 Å². The normalized spacial score (nSPS) is 21.7. The zero-order valence-electron chi connectivity index (χ0n) is 16.0. The number of nitrogens with one attached hydrogen (secondary N) is 1. The molecule has 0 spiro atoms. The Morgan fingerprint density at radius 1 is 1.10 bits per heavy atom. The van der Waals surface area contributed by atoms with E-state index in [1.807, 2.05) is 0 Å². The molecular weight excluding hydrogens is 416 g/mol. The Hall–Kier alpha value is -3.05. The lowest BCUT2D eigenvalue weighted by Gasteiger charge is -2.47. The van der Waals surface area contributed by atoms with E-state index in [1.54, 1.807) is 13.8 Å².